The molecule has 0 radical (unpaired) electrons. The summed E-state index contributed by atoms with van der Waals surface area (Å²) in [5.41, 5.74) is 0. The van der Waals surface area contributed by atoms with Gasteiger partial charge in [-0.1, -0.05) is 0 Å². The molecule has 0 aromatic rings. The number of aliphatic hydroxyl groups excluding tert-OH is 17. The van der Waals surface area contributed by atoms with E-state index in [-0.39, 0.29) is 0 Å². The van der Waals surface area contributed by atoms with Crippen molar-refractivity contribution in [3.8, 4) is 0 Å². The van der Waals surface area contributed by atoms with E-state index in [0.717, 1.165) is 20.8 Å². The molecule has 0 saturated carbocycles. The van der Waals surface area contributed by atoms with Gasteiger partial charge in [-0.15, -0.1) is 0 Å². The van der Waals surface area contributed by atoms with E-state index in [1.807, 2.05) is 0 Å². The van der Waals surface area contributed by atoms with Crippen LogP contribution in [0, 0.1) is 0 Å². The number of carbonyl (C=O) groups is 3. The van der Waals surface area contributed by atoms with Crippen molar-refractivity contribution in [3.05, 3.63) is 0 Å². The number of carbonyl (C=O) groups excluding carboxylic acids is 3. The number of ether oxygens (including phenoxy) is 11. The molecular formula is C42H71N3O31. The Morgan fingerprint density at radius 2 is 0.697 bits per heavy atom. The summed E-state index contributed by atoms with van der Waals surface area (Å²) in [6, 6.07) is -4.95. The number of hydrogen-bond donors (Lipinski definition) is 20. The minimum Gasteiger partial charge on any atom is -0.394 e. The van der Waals surface area contributed by atoms with Crippen molar-refractivity contribution in [2.45, 2.75) is 205 Å². The van der Waals surface area contributed by atoms with Gasteiger partial charge < -0.3 is 155 Å². The highest BCUT2D eigenvalue weighted by molar-refractivity contribution is 5.74. The lowest BCUT2D eigenvalue weighted by Gasteiger charge is -2.50. The van der Waals surface area contributed by atoms with Crippen LogP contribution in [0.2, 0.25) is 0 Å². The summed E-state index contributed by atoms with van der Waals surface area (Å²) in [5, 5.41) is 191. The van der Waals surface area contributed by atoms with Crippen molar-refractivity contribution in [3.63, 3.8) is 0 Å². The molecule has 34 nitrogen and oxygen atoms in total. The van der Waals surface area contributed by atoms with Crippen LogP contribution in [0.4, 0.5) is 0 Å². The standard InChI is InChI=1S/C42H71N3O31/c1-10(51)43-19-29(61)33(17(8-50)67-37(19)65)73-40-32(64)34(74-42-36(31(63)25(57)16(7-49)71-42)76-39-21(45-12(3)53)28(60)23(55)14(5-47)69-39)26(58)18(72-40)9-66-41-35(30(62)24(56)15(6-48)70-41)75-38-20(44-11(2)52)27(59)22(54)13(4-46)68-38/h13-42,46-50,54-65H,4-9H2,1-3H3,(H,43,51)(H,44,52)(H,45,53)/t13-,14-,15-,16-,17-,18-,19-,20-,21+,22-,23-,24-,25-,26-,27-,28-,29-,30+,31+,32+,33-,34+,35+,36+,37-,38+,39+,40+,41+,42-/m1/s1. The summed E-state index contributed by atoms with van der Waals surface area (Å²) in [5.74, 6) is -2.35. The maximum atomic E-state index is 12.2. The molecule has 0 aromatic heterocycles. The second kappa shape index (κ2) is 27.2. The van der Waals surface area contributed by atoms with Crippen molar-refractivity contribution in [1.29, 1.82) is 0 Å². The minimum atomic E-state index is -2.33. The lowest BCUT2D eigenvalue weighted by atomic mass is 9.94. The molecule has 6 rings (SSSR count). The molecule has 34 heteroatoms. The average Bonchev–Trinajstić information content (AvgIpc) is 3.38. The zero-order chi connectivity index (χ0) is 56.2. The first-order valence-electron chi connectivity index (χ1n) is 24.1. The third kappa shape index (κ3) is 13.7. The van der Waals surface area contributed by atoms with Crippen LogP contribution in [-0.4, -0.2) is 328 Å². The highest BCUT2D eigenvalue weighted by atomic mass is 16.8. The minimum absolute atomic E-state index is 0.774. The fraction of sp³-hybridized carbons (Fsp3) is 0.929. The Kier molecular flexibility index (Phi) is 22.3. The maximum Gasteiger partial charge on any atom is 0.217 e. The van der Waals surface area contributed by atoms with Gasteiger partial charge in [0.15, 0.2) is 37.7 Å². The van der Waals surface area contributed by atoms with E-state index in [4.69, 9.17) is 52.1 Å². The van der Waals surface area contributed by atoms with Crippen molar-refractivity contribution >= 4 is 17.7 Å². The zero-order valence-corrected chi connectivity index (χ0v) is 40.9. The van der Waals surface area contributed by atoms with Crippen LogP contribution in [0.15, 0.2) is 0 Å². The van der Waals surface area contributed by atoms with Gasteiger partial charge in [-0.3, -0.25) is 14.4 Å². The second-order valence-corrected chi connectivity index (χ2v) is 19.0. The first kappa shape index (κ1) is 62.5. The smallest absolute Gasteiger partial charge is 0.217 e. The summed E-state index contributed by atoms with van der Waals surface area (Å²) in [6.07, 6.45) is -52.5. The monoisotopic (exact) mass is 1110 g/mol. The molecule has 30 atom stereocenters. The SMILES string of the molecule is CC(=O)N[C@@H]1[C@H](O[C@@H]2[C@@H](O[C@@H]3[C@H](O)[C@H](O[C@H]4[C@H](O)[C@@H](NC(C)=O)[C@H](O)O[C@@H]4CO)O[C@H](CO[C@H]4O[C@H](CO)[C@@H](O)[C@H](O)[C@@H]4O[C@@H]4O[C@H](CO)[C@@H](O)[C@H](O)[C@H]4NC(C)=O)[C@H]3O)O[C@H](CO)[C@@H](O)[C@@H]2O)O[C@H](CO)[C@@H](O)[C@@H]1O. The Morgan fingerprint density at radius 1 is 0.342 bits per heavy atom. The highest BCUT2D eigenvalue weighted by Gasteiger charge is 2.58. The number of hydrogen-bond acceptors (Lipinski definition) is 31. The zero-order valence-electron chi connectivity index (χ0n) is 40.9. The van der Waals surface area contributed by atoms with Gasteiger partial charge in [0.1, 0.15) is 146 Å². The van der Waals surface area contributed by atoms with Crippen LogP contribution in [0.25, 0.3) is 0 Å². The van der Waals surface area contributed by atoms with Crippen molar-refractivity contribution in [2.75, 3.05) is 39.6 Å². The molecule has 6 aliphatic heterocycles. The summed E-state index contributed by atoms with van der Waals surface area (Å²) >= 11 is 0. The Hall–Kier alpha value is -2.71. The van der Waals surface area contributed by atoms with Crippen LogP contribution in [0.5, 0.6) is 0 Å². The van der Waals surface area contributed by atoms with Gasteiger partial charge >= 0.3 is 0 Å². The normalized spacial score (nSPS) is 48.2. The molecule has 3 amide bonds. The summed E-state index contributed by atoms with van der Waals surface area (Å²) in [6.45, 7) is -2.74. The fourth-order valence-corrected chi connectivity index (χ4v) is 9.58. The summed E-state index contributed by atoms with van der Waals surface area (Å²) < 4.78 is 64.0. The fourth-order valence-electron chi connectivity index (χ4n) is 9.58. The molecule has 76 heavy (non-hydrogen) atoms. The number of aliphatic hydroxyl groups is 17. The molecule has 0 unspecified atom stereocenters. The summed E-state index contributed by atoms with van der Waals surface area (Å²) in [7, 11) is 0. The molecular weight excluding hydrogens is 1040 g/mol. The molecule has 6 saturated heterocycles. The molecule has 6 heterocycles. The molecule has 0 aromatic carbocycles. The van der Waals surface area contributed by atoms with Gasteiger partial charge in [-0.2, -0.15) is 0 Å². The lowest BCUT2D eigenvalue weighted by molar-refractivity contribution is -0.394. The molecule has 0 bridgehead atoms. The van der Waals surface area contributed by atoms with E-state index in [9.17, 15) is 101 Å². The Bertz CT molecular complexity index is 1870. The number of amides is 3. The molecule has 0 aliphatic carbocycles. The Labute approximate surface area is 431 Å². The van der Waals surface area contributed by atoms with Crippen LogP contribution in [-0.2, 0) is 66.5 Å². The number of nitrogens with one attached hydrogen (secondary N) is 3. The third-order valence-corrected chi connectivity index (χ3v) is 13.6. The first-order chi connectivity index (χ1) is 35.9. The Morgan fingerprint density at radius 3 is 1.13 bits per heavy atom. The molecule has 6 aliphatic rings. The summed E-state index contributed by atoms with van der Waals surface area (Å²) in [4.78, 5) is 36.5. The van der Waals surface area contributed by atoms with Crippen molar-refractivity contribution in [2.24, 2.45) is 0 Å². The van der Waals surface area contributed by atoms with Gasteiger partial charge in [0, 0.05) is 20.8 Å². The van der Waals surface area contributed by atoms with E-state index in [2.05, 4.69) is 16.0 Å². The topological polar surface area (TPSA) is 533 Å². The van der Waals surface area contributed by atoms with Crippen LogP contribution in [0.3, 0.4) is 0 Å². The van der Waals surface area contributed by atoms with E-state index in [1.165, 1.54) is 0 Å². The van der Waals surface area contributed by atoms with Crippen LogP contribution >= 0.6 is 0 Å². The van der Waals surface area contributed by atoms with E-state index < -0.39 is 241 Å². The van der Waals surface area contributed by atoms with Gasteiger partial charge in [0.05, 0.1) is 39.6 Å². The second-order valence-electron chi connectivity index (χ2n) is 19.0. The quantitative estimate of drug-likeness (QED) is 0.0571. The Balaban J connectivity index is 1.35. The van der Waals surface area contributed by atoms with Gasteiger partial charge in [-0.05, 0) is 0 Å². The van der Waals surface area contributed by atoms with Crippen LogP contribution in [0.1, 0.15) is 20.8 Å². The third-order valence-electron chi connectivity index (χ3n) is 13.6. The van der Waals surface area contributed by atoms with Gasteiger partial charge in [-0.25, -0.2) is 0 Å². The predicted octanol–water partition coefficient (Wildman–Crippen LogP) is -13.7. The lowest BCUT2D eigenvalue weighted by Crippen LogP contribution is -2.69. The first-order valence-corrected chi connectivity index (χ1v) is 24.1. The number of rotatable bonds is 19. The predicted molar refractivity (Wildman–Crippen MR) is 234 cm³/mol. The molecule has 0 spiro atoms. The van der Waals surface area contributed by atoms with Gasteiger partial charge in [0.2, 0.25) is 17.7 Å². The maximum absolute atomic E-state index is 12.2. The molecule has 6 fully saturated rings. The van der Waals surface area contributed by atoms with Crippen molar-refractivity contribution < 1.29 is 153 Å². The molecule has 440 valence electrons. The van der Waals surface area contributed by atoms with E-state index >= 15 is 0 Å². The largest absolute Gasteiger partial charge is 0.394 e. The van der Waals surface area contributed by atoms with Crippen molar-refractivity contribution in [1.82, 2.24) is 16.0 Å². The average molecular weight is 1110 g/mol. The van der Waals surface area contributed by atoms with E-state index in [1.54, 1.807) is 0 Å². The molecule has 20 N–H and O–H groups in total. The van der Waals surface area contributed by atoms with Crippen LogP contribution < -0.4 is 16.0 Å². The highest BCUT2D eigenvalue weighted by Crippen LogP contribution is 2.36. The van der Waals surface area contributed by atoms with E-state index in [0.29, 0.717) is 0 Å². The van der Waals surface area contributed by atoms with Gasteiger partial charge in [0.25, 0.3) is 0 Å².